The van der Waals surface area contributed by atoms with Crippen LogP contribution in [0, 0.1) is 10.8 Å². The highest BCUT2D eigenvalue weighted by atomic mass is 16.3. The monoisotopic (exact) mass is 158 g/mol. The molecular weight excluding hydrogens is 140 g/mol. The summed E-state index contributed by atoms with van der Waals surface area (Å²) in [5, 5.41) is 18.4. The average molecular weight is 158 g/mol. The van der Waals surface area contributed by atoms with Gasteiger partial charge in [0.25, 0.3) is 0 Å². The van der Waals surface area contributed by atoms with Crippen LogP contribution in [0.3, 0.4) is 0 Å². The zero-order chi connectivity index (χ0) is 8.54. The lowest BCUT2D eigenvalue weighted by atomic mass is 9.69. The molecule has 0 unspecified atom stereocenters. The van der Waals surface area contributed by atoms with Crippen LogP contribution in [-0.2, 0) is 0 Å². The minimum Gasteiger partial charge on any atom is -0.396 e. The maximum atomic E-state index is 9.18. The van der Waals surface area contributed by atoms with Crippen molar-refractivity contribution in [1.29, 1.82) is 0 Å². The quantitative estimate of drug-likeness (QED) is 0.633. The summed E-state index contributed by atoms with van der Waals surface area (Å²) in [7, 11) is 0. The summed E-state index contributed by atoms with van der Waals surface area (Å²) < 4.78 is 0. The normalized spacial score (nSPS) is 44.7. The fraction of sp³-hybridized carbons (Fsp3) is 1.00. The SMILES string of the molecule is C[C@]1(CO)CCC[C@@]1(C)CO. The van der Waals surface area contributed by atoms with Crippen LogP contribution in [0.5, 0.6) is 0 Å². The van der Waals surface area contributed by atoms with Crippen molar-refractivity contribution in [3.8, 4) is 0 Å². The van der Waals surface area contributed by atoms with Crippen LogP contribution in [-0.4, -0.2) is 23.4 Å². The maximum absolute atomic E-state index is 9.18. The summed E-state index contributed by atoms with van der Waals surface area (Å²) in [5.41, 5.74) is -0.108. The van der Waals surface area contributed by atoms with E-state index in [0.717, 1.165) is 19.3 Å². The van der Waals surface area contributed by atoms with Crippen molar-refractivity contribution in [3.63, 3.8) is 0 Å². The molecule has 0 aromatic rings. The van der Waals surface area contributed by atoms with Gasteiger partial charge in [-0.05, 0) is 23.7 Å². The molecule has 1 fully saturated rings. The Bertz CT molecular complexity index is 130. The minimum absolute atomic E-state index is 0.0538. The molecule has 0 aromatic carbocycles. The van der Waals surface area contributed by atoms with E-state index in [0.29, 0.717) is 0 Å². The lowest BCUT2D eigenvalue weighted by Gasteiger charge is -2.38. The molecule has 2 N–H and O–H groups in total. The Morgan fingerprint density at radius 2 is 1.36 bits per heavy atom. The summed E-state index contributed by atoms with van der Waals surface area (Å²) >= 11 is 0. The van der Waals surface area contributed by atoms with E-state index in [2.05, 4.69) is 13.8 Å². The number of hydrogen-bond donors (Lipinski definition) is 2. The minimum atomic E-state index is -0.0538. The fourth-order valence-electron chi connectivity index (χ4n) is 2.01. The van der Waals surface area contributed by atoms with Crippen LogP contribution in [0.15, 0.2) is 0 Å². The van der Waals surface area contributed by atoms with Crippen molar-refractivity contribution in [3.05, 3.63) is 0 Å². The van der Waals surface area contributed by atoms with Crippen LogP contribution in [0.2, 0.25) is 0 Å². The molecule has 1 aliphatic carbocycles. The number of hydrogen-bond acceptors (Lipinski definition) is 2. The zero-order valence-electron chi connectivity index (χ0n) is 7.43. The molecule has 0 radical (unpaired) electrons. The van der Waals surface area contributed by atoms with Gasteiger partial charge in [-0.2, -0.15) is 0 Å². The first-order valence-electron chi connectivity index (χ1n) is 4.30. The molecule has 1 rings (SSSR count). The van der Waals surface area contributed by atoms with Crippen LogP contribution >= 0.6 is 0 Å². The molecule has 2 nitrogen and oxygen atoms in total. The van der Waals surface area contributed by atoms with Crippen molar-refractivity contribution in [2.45, 2.75) is 33.1 Å². The lowest BCUT2D eigenvalue weighted by molar-refractivity contribution is -0.00563. The average Bonchev–Trinajstić information content (AvgIpc) is 2.31. The van der Waals surface area contributed by atoms with Crippen molar-refractivity contribution in [1.82, 2.24) is 0 Å². The molecule has 0 bridgehead atoms. The Morgan fingerprint density at radius 3 is 1.64 bits per heavy atom. The summed E-state index contributed by atoms with van der Waals surface area (Å²) in [6.45, 7) is 4.53. The standard InChI is InChI=1S/C9H18O2/c1-8(6-10)4-3-5-9(8,2)7-11/h10-11H,3-7H2,1-2H3/t8-,9+. The molecule has 0 amide bonds. The van der Waals surface area contributed by atoms with E-state index in [1.807, 2.05) is 0 Å². The molecule has 0 aliphatic heterocycles. The van der Waals surface area contributed by atoms with Crippen molar-refractivity contribution < 1.29 is 10.2 Å². The van der Waals surface area contributed by atoms with Gasteiger partial charge in [-0.25, -0.2) is 0 Å². The molecular formula is C9H18O2. The van der Waals surface area contributed by atoms with Crippen LogP contribution in [0.25, 0.3) is 0 Å². The van der Waals surface area contributed by atoms with E-state index < -0.39 is 0 Å². The van der Waals surface area contributed by atoms with Gasteiger partial charge in [0.05, 0.1) is 0 Å². The van der Waals surface area contributed by atoms with E-state index in [-0.39, 0.29) is 24.0 Å². The second kappa shape index (κ2) is 2.76. The van der Waals surface area contributed by atoms with Crippen molar-refractivity contribution in [2.24, 2.45) is 10.8 Å². The number of aliphatic hydroxyl groups excluding tert-OH is 2. The molecule has 1 aliphatic rings. The Labute approximate surface area is 68.2 Å². The van der Waals surface area contributed by atoms with Gasteiger partial charge in [-0.15, -0.1) is 0 Å². The predicted molar refractivity (Wildman–Crippen MR) is 44.2 cm³/mol. The Hall–Kier alpha value is -0.0800. The van der Waals surface area contributed by atoms with Gasteiger partial charge in [0.2, 0.25) is 0 Å². The lowest BCUT2D eigenvalue weighted by Crippen LogP contribution is -2.38. The molecule has 2 heteroatoms. The van der Waals surface area contributed by atoms with Crippen molar-refractivity contribution in [2.75, 3.05) is 13.2 Å². The molecule has 1 saturated carbocycles. The molecule has 2 atom stereocenters. The first kappa shape index (κ1) is 9.01. The summed E-state index contributed by atoms with van der Waals surface area (Å²) in [4.78, 5) is 0. The Morgan fingerprint density at radius 1 is 1.00 bits per heavy atom. The van der Waals surface area contributed by atoms with Gasteiger partial charge in [0.1, 0.15) is 0 Å². The van der Waals surface area contributed by atoms with Gasteiger partial charge in [-0.3, -0.25) is 0 Å². The summed E-state index contributed by atoms with van der Waals surface area (Å²) in [6, 6.07) is 0. The highest BCUT2D eigenvalue weighted by Gasteiger charge is 2.47. The third-order valence-corrected chi connectivity index (χ3v) is 3.61. The Kier molecular flexibility index (Phi) is 2.26. The van der Waals surface area contributed by atoms with Crippen LogP contribution in [0.1, 0.15) is 33.1 Å². The van der Waals surface area contributed by atoms with Crippen LogP contribution < -0.4 is 0 Å². The van der Waals surface area contributed by atoms with Gasteiger partial charge >= 0.3 is 0 Å². The largest absolute Gasteiger partial charge is 0.396 e. The summed E-state index contributed by atoms with van der Waals surface area (Å²) in [5.74, 6) is 0. The highest BCUT2D eigenvalue weighted by Crippen LogP contribution is 2.51. The first-order chi connectivity index (χ1) is 5.08. The van der Waals surface area contributed by atoms with Gasteiger partial charge in [-0.1, -0.05) is 20.3 Å². The fourth-order valence-corrected chi connectivity index (χ4v) is 2.01. The van der Waals surface area contributed by atoms with Crippen LogP contribution in [0.4, 0.5) is 0 Å². The van der Waals surface area contributed by atoms with E-state index in [1.54, 1.807) is 0 Å². The first-order valence-corrected chi connectivity index (χ1v) is 4.30. The summed E-state index contributed by atoms with van der Waals surface area (Å²) in [6.07, 6.45) is 3.22. The topological polar surface area (TPSA) is 40.5 Å². The third kappa shape index (κ3) is 1.18. The number of aliphatic hydroxyl groups is 2. The van der Waals surface area contributed by atoms with Gasteiger partial charge in [0, 0.05) is 13.2 Å². The van der Waals surface area contributed by atoms with E-state index in [9.17, 15) is 10.2 Å². The van der Waals surface area contributed by atoms with E-state index in [1.165, 1.54) is 0 Å². The molecule has 0 aromatic heterocycles. The van der Waals surface area contributed by atoms with Gasteiger partial charge in [0.15, 0.2) is 0 Å². The molecule has 0 spiro atoms. The smallest absolute Gasteiger partial charge is 0.0490 e. The predicted octanol–water partition coefficient (Wildman–Crippen LogP) is 1.17. The number of rotatable bonds is 2. The van der Waals surface area contributed by atoms with E-state index >= 15 is 0 Å². The molecule has 0 heterocycles. The second-order valence-corrected chi connectivity index (χ2v) is 4.29. The molecule has 0 saturated heterocycles. The molecule has 66 valence electrons. The van der Waals surface area contributed by atoms with Gasteiger partial charge < -0.3 is 10.2 Å². The Balaban J connectivity index is 2.79. The second-order valence-electron chi connectivity index (χ2n) is 4.29. The highest BCUT2D eigenvalue weighted by molar-refractivity contribution is 4.96. The zero-order valence-corrected chi connectivity index (χ0v) is 7.43. The van der Waals surface area contributed by atoms with Crippen molar-refractivity contribution >= 4 is 0 Å². The molecule has 11 heavy (non-hydrogen) atoms. The maximum Gasteiger partial charge on any atom is 0.0490 e. The van der Waals surface area contributed by atoms with E-state index in [4.69, 9.17) is 0 Å². The third-order valence-electron chi connectivity index (χ3n) is 3.61.